The van der Waals surface area contributed by atoms with Gasteiger partial charge in [0.05, 0.1) is 0 Å². The maximum absolute atomic E-state index is 13.1. The number of anilines is 1. The van der Waals surface area contributed by atoms with Gasteiger partial charge in [0, 0.05) is 44.5 Å². The Morgan fingerprint density at radius 2 is 1.73 bits per heavy atom. The van der Waals surface area contributed by atoms with Crippen molar-refractivity contribution in [3.8, 4) is 5.75 Å². The first kappa shape index (κ1) is 25.1. The number of aliphatic imine (C=N–C) groups is 1. The first-order valence-corrected chi connectivity index (χ1v) is 11.1. The molecular weight excluding hydrogens is 536 g/mol. The summed E-state index contributed by atoms with van der Waals surface area (Å²) in [6, 6.07) is 14.7. The first-order valence-electron chi connectivity index (χ1n) is 11.1. The van der Waals surface area contributed by atoms with Crippen LogP contribution in [0.2, 0.25) is 0 Å². The Hall–Kier alpha value is -2.56. The molecule has 3 N–H and O–H groups in total. The molecule has 33 heavy (non-hydrogen) atoms. The summed E-state index contributed by atoms with van der Waals surface area (Å²) in [5, 5.41) is 2.90. The van der Waals surface area contributed by atoms with Gasteiger partial charge in [-0.3, -0.25) is 9.79 Å². The first-order chi connectivity index (χ1) is 15.6. The molecule has 0 spiro atoms. The molecule has 1 aliphatic carbocycles. The number of guanidine groups is 1. The zero-order valence-electron chi connectivity index (χ0n) is 18.6. The highest BCUT2D eigenvalue weighted by atomic mass is 127. The van der Waals surface area contributed by atoms with Gasteiger partial charge >= 0.3 is 0 Å². The lowest BCUT2D eigenvalue weighted by atomic mass is 10.1. The zero-order valence-corrected chi connectivity index (χ0v) is 20.9. The Balaban J connectivity index is 0.00000306. The summed E-state index contributed by atoms with van der Waals surface area (Å²) in [7, 11) is 0. The van der Waals surface area contributed by atoms with Crippen molar-refractivity contribution in [2.45, 2.75) is 25.3 Å². The second-order valence-electron chi connectivity index (χ2n) is 8.21. The molecule has 2 aromatic rings. The van der Waals surface area contributed by atoms with Crippen molar-refractivity contribution in [2.75, 3.05) is 44.2 Å². The molecule has 0 atom stereocenters. The van der Waals surface area contributed by atoms with Crippen LogP contribution >= 0.6 is 24.0 Å². The maximum Gasteiger partial charge on any atom is 0.258 e. The van der Waals surface area contributed by atoms with E-state index in [4.69, 9.17) is 10.5 Å². The number of amides is 1. The van der Waals surface area contributed by atoms with Crippen LogP contribution in [-0.4, -0.2) is 62.1 Å². The van der Waals surface area contributed by atoms with Gasteiger partial charge in [-0.15, -0.1) is 24.0 Å². The lowest BCUT2D eigenvalue weighted by Crippen LogP contribution is -2.51. The molecule has 2 fully saturated rings. The van der Waals surface area contributed by atoms with Gasteiger partial charge in [0.2, 0.25) is 0 Å². The molecule has 9 heteroatoms. The molecule has 1 saturated carbocycles. The van der Waals surface area contributed by atoms with Crippen LogP contribution in [0.1, 0.15) is 18.4 Å². The average Bonchev–Trinajstić information content (AvgIpc) is 3.63. The second-order valence-corrected chi connectivity index (χ2v) is 8.21. The molecule has 1 aliphatic heterocycles. The van der Waals surface area contributed by atoms with Crippen LogP contribution in [0.15, 0.2) is 53.5 Å². The summed E-state index contributed by atoms with van der Waals surface area (Å²) in [6.07, 6.45) is 2.91. The number of nitrogens with two attached hydrogens (primary N) is 1. The van der Waals surface area contributed by atoms with E-state index in [1.807, 2.05) is 36.4 Å². The Morgan fingerprint density at radius 1 is 1.06 bits per heavy atom. The highest BCUT2D eigenvalue weighted by molar-refractivity contribution is 14.0. The zero-order chi connectivity index (χ0) is 22.3. The molecule has 2 aliphatic rings. The Labute approximate surface area is 211 Å². The van der Waals surface area contributed by atoms with E-state index in [0.717, 1.165) is 56.7 Å². The van der Waals surface area contributed by atoms with Crippen molar-refractivity contribution >= 4 is 41.5 Å². The molecule has 1 saturated heterocycles. The quantitative estimate of drug-likeness (QED) is 0.292. The van der Waals surface area contributed by atoms with Gasteiger partial charge in [0.15, 0.2) is 12.6 Å². The minimum absolute atomic E-state index is 0. The standard InChI is InChI=1S/C24H30FN5O2.HI/c25-19-3-7-21(8-4-19)29-13-15-30(16-14-29)24(26)27-12-11-18-1-9-22(10-2-18)32-17-23(31)28-20-5-6-20;/h1-4,7-10,20H,5-6,11-17H2,(H2,26,27)(H,28,31);1H. The topological polar surface area (TPSA) is 83.2 Å². The van der Waals surface area contributed by atoms with Crippen LogP contribution in [0, 0.1) is 5.82 Å². The average molecular weight is 567 g/mol. The number of nitrogens with zero attached hydrogens (tertiary/aromatic N) is 3. The predicted octanol–water partition coefficient (Wildman–Crippen LogP) is 2.78. The largest absolute Gasteiger partial charge is 0.484 e. The van der Waals surface area contributed by atoms with E-state index in [-0.39, 0.29) is 42.3 Å². The minimum Gasteiger partial charge on any atom is -0.484 e. The summed E-state index contributed by atoms with van der Waals surface area (Å²) >= 11 is 0. The van der Waals surface area contributed by atoms with Crippen molar-refractivity contribution in [2.24, 2.45) is 10.7 Å². The molecule has 4 rings (SSSR count). The van der Waals surface area contributed by atoms with Gasteiger partial charge in [-0.25, -0.2) is 4.39 Å². The molecule has 0 bridgehead atoms. The van der Waals surface area contributed by atoms with E-state index in [0.29, 0.717) is 24.3 Å². The Morgan fingerprint density at radius 3 is 2.36 bits per heavy atom. The number of hydrogen-bond donors (Lipinski definition) is 2. The number of rotatable bonds is 8. The fourth-order valence-corrected chi connectivity index (χ4v) is 3.64. The van der Waals surface area contributed by atoms with E-state index in [1.165, 1.54) is 12.1 Å². The highest BCUT2D eigenvalue weighted by Crippen LogP contribution is 2.19. The summed E-state index contributed by atoms with van der Waals surface area (Å²) in [5.41, 5.74) is 8.36. The number of halogens is 2. The van der Waals surface area contributed by atoms with Crippen molar-refractivity contribution < 1.29 is 13.9 Å². The van der Waals surface area contributed by atoms with Gasteiger partial charge in [-0.05, 0) is 61.2 Å². The normalized spacial score (nSPS) is 16.2. The molecule has 7 nitrogen and oxygen atoms in total. The maximum atomic E-state index is 13.1. The third-order valence-corrected chi connectivity index (χ3v) is 5.71. The molecule has 0 radical (unpaired) electrons. The van der Waals surface area contributed by atoms with E-state index in [9.17, 15) is 9.18 Å². The van der Waals surface area contributed by atoms with Crippen molar-refractivity contribution in [1.29, 1.82) is 0 Å². The van der Waals surface area contributed by atoms with Crippen LogP contribution in [0.4, 0.5) is 10.1 Å². The predicted molar refractivity (Wildman–Crippen MR) is 139 cm³/mol. The number of nitrogens with one attached hydrogen (secondary N) is 1. The van der Waals surface area contributed by atoms with E-state index < -0.39 is 0 Å². The molecule has 0 unspecified atom stereocenters. The number of piperazine rings is 1. The van der Waals surface area contributed by atoms with E-state index in [2.05, 4.69) is 20.1 Å². The second kappa shape index (κ2) is 12.1. The van der Waals surface area contributed by atoms with E-state index in [1.54, 1.807) is 0 Å². The van der Waals surface area contributed by atoms with Gasteiger partial charge in [-0.1, -0.05) is 12.1 Å². The Bertz CT molecular complexity index is 927. The number of ether oxygens (including phenoxy) is 1. The minimum atomic E-state index is -0.220. The SMILES string of the molecule is I.NC(=NCCc1ccc(OCC(=O)NC2CC2)cc1)N1CCN(c2ccc(F)cc2)CC1. The molecule has 1 amide bonds. The fraction of sp³-hybridized carbons (Fsp3) is 0.417. The number of hydrogen-bond acceptors (Lipinski definition) is 4. The summed E-state index contributed by atoms with van der Waals surface area (Å²) in [5.74, 6) is 0.953. The highest BCUT2D eigenvalue weighted by Gasteiger charge is 2.23. The summed E-state index contributed by atoms with van der Waals surface area (Å²) < 4.78 is 18.6. The van der Waals surface area contributed by atoms with Crippen molar-refractivity contribution in [3.63, 3.8) is 0 Å². The van der Waals surface area contributed by atoms with Crippen LogP contribution < -0.4 is 20.7 Å². The van der Waals surface area contributed by atoms with Gasteiger partial charge in [0.1, 0.15) is 11.6 Å². The fourth-order valence-electron chi connectivity index (χ4n) is 3.64. The molecule has 1 heterocycles. The third kappa shape index (κ3) is 7.76. The van der Waals surface area contributed by atoms with Crippen LogP contribution in [0.3, 0.4) is 0 Å². The van der Waals surface area contributed by atoms with Gasteiger partial charge < -0.3 is 25.6 Å². The third-order valence-electron chi connectivity index (χ3n) is 5.71. The number of benzene rings is 2. The molecule has 2 aromatic carbocycles. The Kier molecular flexibility index (Phi) is 9.16. The number of carbonyl (C=O) groups excluding carboxylic acids is 1. The van der Waals surface area contributed by atoms with Crippen molar-refractivity contribution in [1.82, 2.24) is 10.2 Å². The summed E-state index contributed by atoms with van der Waals surface area (Å²) in [6.45, 7) is 3.86. The molecule has 178 valence electrons. The lowest BCUT2D eigenvalue weighted by molar-refractivity contribution is -0.123. The van der Waals surface area contributed by atoms with Crippen LogP contribution in [0.25, 0.3) is 0 Å². The lowest BCUT2D eigenvalue weighted by Gasteiger charge is -2.36. The van der Waals surface area contributed by atoms with Crippen LogP contribution in [-0.2, 0) is 11.2 Å². The smallest absolute Gasteiger partial charge is 0.258 e. The monoisotopic (exact) mass is 567 g/mol. The van der Waals surface area contributed by atoms with Gasteiger partial charge in [-0.2, -0.15) is 0 Å². The molecular formula is C24H31FIN5O2. The summed E-state index contributed by atoms with van der Waals surface area (Å²) in [4.78, 5) is 20.5. The van der Waals surface area contributed by atoms with Gasteiger partial charge in [0.25, 0.3) is 5.91 Å². The van der Waals surface area contributed by atoms with E-state index >= 15 is 0 Å². The van der Waals surface area contributed by atoms with Crippen LogP contribution in [0.5, 0.6) is 5.75 Å². The molecule has 0 aromatic heterocycles. The van der Waals surface area contributed by atoms with Crippen molar-refractivity contribution in [3.05, 3.63) is 59.9 Å². The number of carbonyl (C=O) groups is 1.